The van der Waals surface area contributed by atoms with Crippen molar-refractivity contribution in [1.29, 1.82) is 0 Å². The summed E-state index contributed by atoms with van der Waals surface area (Å²) < 4.78 is 13.7. The molecule has 98 valence electrons. The molecule has 1 heterocycles. The van der Waals surface area contributed by atoms with Crippen LogP contribution in [0.5, 0.6) is 0 Å². The highest BCUT2D eigenvalue weighted by Gasteiger charge is 2.26. The molecule has 0 fully saturated rings. The van der Waals surface area contributed by atoms with E-state index in [1.165, 1.54) is 28.3 Å². The van der Waals surface area contributed by atoms with Gasteiger partial charge in [-0.25, -0.2) is 4.39 Å². The maximum atomic E-state index is 13.7. The Balaban J connectivity index is 2.10. The SMILES string of the molecule is Nc1sc2c(c1C(=O)c1ccccc1F)CCCC2. The fraction of sp³-hybridized carbons (Fsp3) is 0.267. The van der Waals surface area contributed by atoms with Gasteiger partial charge in [0.05, 0.1) is 16.1 Å². The van der Waals surface area contributed by atoms with Gasteiger partial charge in [0, 0.05) is 4.88 Å². The zero-order valence-corrected chi connectivity index (χ0v) is 11.2. The van der Waals surface area contributed by atoms with Crippen molar-refractivity contribution in [2.45, 2.75) is 25.7 Å². The summed E-state index contributed by atoms with van der Waals surface area (Å²) in [4.78, 5) is 13.7. The quantitative estimate of drug-likeness (QED) is 0.851. The van der Waals surface area contributed by atoms with Crippen LogP contribution in [0.1, 0.15) is 39.2 Å². The van der Waals surface area contributed by atoms with Crippen molar-refractivity contribution >= 4 is 22.1 Å². The molecule has 0 amide bonds. The zero-order chi connectivity index (χ0) is 13.4. The van der Waals surface area contributed by atoms with Gasteiger partial charge >= 0.3 is 0 Å². The van der Waals surface area contributed by atoms with Crippen LogP contribution in [0.25, 0.3) is 0 Å². The van der Waals surface area contributed by atoms with Gasteiger partial charge in [0.1, 0.15) is 5.82 Å². The van der Waals surface area contributed by atoms with E-state index in [2.05, 4.69) is 0 Å². The second-order valence-corrected chi connectivity index (χ2v) is 5.90. The standard InChI is InChI=1S/C15H14FNOS/c16-11-7-3-1-5-9(11)14(18)13-10-6-2-4-8-12(10)19-15(13)17/h1,3,5,7H,2,4,6,8,17H2. The Morgan fingerprint density at radius 3 is 2.74 bits per heavy atom. The number of hydrogen-bond donors (Lipinski definition) is 1. The maximum Gasteiger partial charge on any atom is 0.199 e. The predicted molar refractivity (Wildman–Crippen MR) is 75.2 cm³/mol. The first kappa shape index (κ1) is 12.4. The highest BCUT2D eigenvalue weighted by molar-refractivity contribution is 7.16. The average molecular weight is 275 g/mol. The van der Waals surface area contributed by atoms with E-state index in [4.69, 9.17) is 5.73 Å². The highest BCUT2D eigenvalue weighted by atomic mass is 32.1. The number of hydrogen-bond acceptors (Lipinski definition) is 3. The van der Waals surface area contributed by atoms with E-state index in [1.54, 1.807) is 12.1 Å². The van der Waals surface area contributed by atoms with Crippen LogP contribution in [-0.2, 0) is 12.8 Å². The Hall–Kier alpha value is -1.68. The molecule has 2 aromatic rings. The lowest BCUT2D eigenvalue weighted by atomic mass is 9.92. The van der Waals surface area contributed by atoms with Gasteiger partial charge in [-0.05, 0) is 43.4 Å². The molecule has 0 spiro atoms. The Labute approximate surface area is 115 Å². The van der Waals surface area contributed by atoms with Crippen LogP contribution in [0.15, 0.2) is 24.3 Å². The number of benzene rings is 1. The average Bonchev–Trinajstić information content (AvgIpc) is 2.74. The number of fused-ring (bicyclic) bond motifs is 1. The normalized spacial score (nSPS) is 14.2. The topological polar surface area (TPSA) is 43.1 Å². The van der Waals surface area contributed by atoms with Crippen LogP contribution in [0, 0.1) is 5.82 Å². The van der Waals surface area contributed by atoms with E-state index in [0.717, 1.165) is 31.2 Å². The van der Waals surface area contributed by atoms with E-state index in [1.807, 2.05) is 0 Å². The van der Waals surface area contributed by atoms with Crippen LogP contribution >= 0.6 is 11.3 Å². The summed E-state index contributed by atoms with van der Waals surface area (Å²) in [6.07, 6.45) is 4.06. The second-order valence-electron chi connectivity index (χ2n) is 4.76. The van der Waals surface area contributed by atoms with Crippen LogP contribution in [0.4, 0.5) is 9.39 Å². The van der Waals surface area contributed by atoms with E-state index < -0.39 is 5.82 Å². The number of halogens is 1. The molecule has 0 saturated heterocycles. The summed E-state index contributed by atoms with van der Waals surface area (Å²) >= 11 is 1.48. The molecule has 1 aromatic heterocycles. The minimum atomic E-state index is -0.484. The molecular weight excluding hydrogens is 261 g/mol. The van der Waals surface area contributed by atoms with Crippen LogP contribution < -0.4 is 5.73 Å². The van der Waals surface area contributed by atoms with E-state index in [-0.39, 0.29) is 11.3 Å². The summed E-state index contributed by atoms with van der Waals surface area (Å²) in [6.45, 7) is 0. The van der Waals surface area contributed by atoms with Gasteiger partial charge in [-0.3, -0.25) is 4.79 Å². The van der Waals surface area contributed by atoms with Crippen molar-refractivity contribution < 1.29 is 9.18 Å². The third-order valence-electron chi connectivity index (χ3n) is 3.54. The number of thiophene rings is 1. The van der Waals surface area contributed by atoms with Crippen molar-refractivity contribution in [3.8, 4) is 0 Å². The monoisotopic (exact) mass is 275 g/mol. The van der Waals surface area contributed by atoms with Gasteiger partial charge in [0.2, 0.25) is 0 Å². The Bertz CT molecular complexity index is 648. The fourth-order valence-corrected chi connectivity index (χ4v) is 3.77. The smallest absolute Gasteiger partial charge is 0.199 e. The molecule has 1 aromatic carbocycles. The molecule has 1 aliphatic rings. The number of nitrogen functional groups attached to an aromatic ring is 1. The first-order valence-electron chi connectivity index (χ1n) is 6.37. The van der Waals surface area contributed by atoms with Crippen LogP contribution in [0.2, 0.25) is 0 Å². The highest BCUT2D eigenvalue weighted by Crippen LogP contribution is 2.37. The van der Waals surface area contributed by atoms with E-state index in [0.29, 0.717) is 10.6 Å². The molecule has 0 bridgehead atoms. The van der Waals surface area contributed by atoms with Crippen molar-refractivity contribution in [3.63, 3.8) is 0 Å². The van der Waals surface area contributed by atoms with Gasteiger partial charge in [-0.1, -0.05) is 12.1 Å². The molecule has 2 N–H and O–H groups in total. The third-order valence-corrected chi connectivity index (χ3v) is 4.67. The molecule has 19 heavy (non-hydrogen) atoms. The Morgan fingerprint density at radius 1 is 1.21 bits per heavy atom. The Morgan fingerprint density at radius 2 is 1.95 bits per heavy atom. The minimum Gasteiger partial charge on any atom is -0.390 e. The largest absolute Gasteiger partial charge is 0.390 e. The van der Waals surface area contributed by atoms with Gasteiger partial charge in [0.15, 0.2) is 5.78 Å². The molecule has 0 saturated carbocycles. The van der Waals surface area contributed by atoms with E-state index in [9.17, 15) is 9.18 Å². The van der Waals surface area contributed by atoms with Gasteiger partial charge in [0.25, 0.3) is 0 Å². The van der Waals surface area contributed by atoms with Crippen molar-refractivity contribution in [2.24, 2.45) is 0 Å². The van der Waals surface area contributed by atoms with Gasteiger partial charge in [-0.15, -0.1) is 11.3 Å². The summed E-state index contributed by atoms with van der Waals surface area (Å²) in [5, 5.41) is 0.528. The summed E-state index contributed by atoms with van der Waals surface area (Å²) in [6, 6.07) is 6.08. The molecule has 4 heteroatoms. The lowest BCUT2D eigenvalue weighted by Crippen LogP contribution is -2.10. The van der Waals surface area contributed by atoms with Crippen molar-refractivity contribution in [2.75, 3.05) is 5.73 Å². The third kappa shape index (κ3) is 2.06. The van der Waals surface area contributed by atoms with Crippen LogP contribution in [-0.4, -0.2) is 5.78 Å². The number of nitrogens with two attached hydrogens (primary N) is 1. The number of carbonyl (C=O) groups excluding carboxylic acids is 1. The molecule has 0 atom stereocenters. The number of carbonyl (C=O) groups is 1. The summed E-state index contributed by atoms with van der Waals surface area (Å²) in [7, 11) is 0. The molecular formula is C15H14FNOS. The maximum absolute atomic E-state index is 13.7. The summed E-state index contributed by atoms with van der Waals surface area (Å²) in [5.41, 5.74) is 7.67. The fourth-order valence-electron chi connectivity index (χ4n) is 2.62. The molecule has 3 rings (SSSR count). The lowest BCUT2D eigenvalue weighted by molar-refractivity contribution is 0.103. The number of anilines is 1. The Kier molecular flexibility index (Phi) is 3.11. The van der Waals surface area contributed by atoms with Gasteiger partial charge < -0.3 is 5.73 Å². The molecule has 0 aliphatic heterocycles. The number of ketones is 1. The summed E-state index contributed by atoms with van der Waals surface area (Å²) in [5.74, 6) is -0.766. The predicted octanol–water partition coefficient (Wildman–Crippen LogP) is 3.58. The molecule has 1 aliphatic carbocycles. The lowest BCUT2D eigenvalue weighted by Gasteiger charge is -2.12. The minimum absolute atomic E-state index is 0.111. The van der Waals surface area contributed by atoms with Crippen molar-refractivity contribution in [3.05, 3.63) is 51.7 Å². The second kappa shape index (κ2) is 4.78. The van der Waals surface area contributed by atoms with Gasteiger partial charge in [-0.2, -0.15) is 0 Å². The van der Waals surface area contributed by atoms with Crippen LogP contribution in [0.3, 0.4) is 0 Å². The van der Waals surface area contributed by atoms with Crippen molar-refractivity contribution in [1.82, 2.24) is 0 Å². The zero-order valence-electron chi connectivity index (χ0n) is 10.4. The molecule has 2 nitrogen and oxygen atoms in total. The number of aryl methyl sites for hydroxylation is 1. The number of rotatable bonds is 2. The molecule has 0 unspecified atom stereocenters. The molecule has 0 radical (unpaired) electrons. The van der Waals surface area contributed by atoms with E-state index >= 15 is 0 Å². The first-order valence-corrected chi connectivity index (χ1v) is 7.19. The first-order chi connectivity index (χ1) is 9.18.